The summed E-state index contributed by atoms with van der Waals surface area (Å²) in [5, 5.41) is 6.49. The third-order valence-electron chi connectivity index (χ3n) is 3.68. The van der Waals surface area contributed by atoms with Crippen molar-refractivity contribution in [2.45, 2.75) is 32.8 Å². The van der Waals surface area contributed by atoms with Crippen LogP contribution in [0.5, 0.6) is 5.75 Å². The Morgan fingerprint density at radius 2 is 1.93 bits per heavy atom. The van der Waals surface area contributed by atoms with Gasteiger partial charge in [-0.05, 0) is 56.7 Å². The summed E-state index contributed by atoms with van der Waals surface area (Å²) in [6.07, 6.45) is 4.20. The lowest BCUT2D eigenvalue weighted by Crippen LogP contribution is -2.32. The lowest BCUT2D eigenvalue weighted by molar-refractivity contribution is 0.242. The van der Waals surface area contributed by atoms with Gasteiger partial charge in [0.2, 0.25) is 0 Å². The maximum atomic E-state index is 11.3. The fourth-order valence-electron chi connectivity index (χ4n) is 2.44. The van der Waals surface area contributed by atoms with Crippen LogP contribution in [0.25, 0.3) is 0 Å². The van der Waals surface area contributed by atoms with Crippen LogP contribution in [0, 0.1) is 0 Å². The number of nitrogens with zero attached hydrogens (tertiary/aromatic N) is 1. The first-order valence-corrected chi connectivity index (χ1v) is 11.4. The fourth-order valence-corrected chi connectivity index (χ4v) is 3.10. The van der Waals surface area contributed by atoms with E-state index in [4.69, 9.17) is 9.15 Å². The predicted molar refractivity (Wildman–Crippen MR) is 128 cm³/mol. The van der Waals surface area contributed by atoms with Crippen LogP contribution in [0.1, 0.15) is 26.0 Å². The first-order valence-electron chi connectivity index (χ1n) is 9.34. The number of hydrogen-bond acceptors (Lipinski definition) is 5. The van der Waals surface area contributed by atoms with E-state index in [1.54, 1.807) is 6.26 Å². The minimum absolute atomic E-state index is 0. The van der Waals surface area contributed by atoms with Gasteiger partial charge in [0.15, 0.2) is 5.96 Å². The van der Waals surface area contributed by atoms with Crippen molar-refractivity contribution < 1.29 is 17.6 Å². The number of rotatable bonds is 10. The lowest BCUT2D eigenvalue weighted by atomic mass is 10.3. The number of nitrogens with one attached hydrogen (secondary N) is 2. The van der Waals surface area contributed by atoms with Crippen LogP contribution in [0.4, 0.5) is 5.69 Å². The number of hydrogen-bond donors (Lipinski definition) is 2. The average molecular weight is 535 g/mol. The van der Waals surface area contributed by atoms with Crippen molar-refractivity contribution >= 4 is 45.5 Å². The Bertz CT molecular complexity index is 835. The molecule has 0 aliphatic carbocycles. The molecule has 0 fully saturated rings. The Morgan fingerprint density at radius 1 is 1.21 bits per heavy atom. The molecule has 7 nitrogen and oxygen atoms in total. The molecule has 2 rings (SSSR count). The first-order chi connectivity index (χ1) is 13.3. The molecule has 162 valence electrons. The number of anilines is 1. The molecular weight excluding hydrogens is 505 g/mol. The minimum atomic E-state index is -2.98. The summed E-state index contributed by atoms with van der Waals surface area (Å²) >= 11 is 0. The van der Waals surface area contributed by atoms with Gasteiger partial charge in [0.05, 0.1) is 18.1 Å². The van der Waals surface area contributed by atoms with E-state index in [9.17, 15) is 8.42 Å². The molecule has 0 amide bonds. The number of ether oxygens (including phenoxy) is 1. The van der Waals surface area contributed by atoms with Crippen molar-refractivity contribution in [1.82, 2.24) is 5.32 Å². The van der Waals surface area contributed by atoms with E-state index >= 15 is 0 Å². The second kappa shape index (κ2) is 12.7. The van der Waals surface area contributed by atoms with E-state index in [0.717, 1.165) is 23.6 Å². The molecule has 0 unspecified atom stereocenters. The van der Waals surface area contributed by atoms with Crippen LogP contribution in [-0.4, -0.2) is 45.6 Å². The monoisotopic (exact) mass is 535 g/mol. The highest BCUT2D eigenvalue weighted by atomic mass is 127. The molecule has 0 saturated carbocycles. The summed E-state index contributed by atoms with van der Waals surface area (Å²) in [5.41, 5.74) is 0.864. The maximum Gasteiger partial charge on any atom is 0.195 e. The Kier molecular flexibility index (Phi) is 11.1. The predicted octanol–water partition coefficient (Wildman–Crippen LogP) is 3.72. The van der Waals surface area contributed by atoms with Crippen molar-refractivity contribution in [2.75, 3.05) is 30.4 Å². The molecule has 0 radical (unpaired) electrons. The zero-order chi connectivity index (χ0) is 20.4. The Morgan fingerprint density at radius 3 is 2.52 bits per heavy atom. The van der Waals surface area contributed by atoms with Gasteiger partial charge in [0.25, 0.3) is 0 Å². The van der Waals surface area contributed by atoms with Gasteiger partial charge >= 0.3 is 0 Å². The SMILES string of the molecule is CC(C)Oc1ccc(NC(=NCCCS(C)(=O)=O)NCCc2ccco2)cc1.I. The molecule has 0 atom stereocenters. The van der Waals surface area contributed by atoms with E-state index in [1.807, 2.05) is 50.2 Å². The largest absolute Gasteiger partial charge is 0.491 e. The van der Waals surface area contributed by atoms with Crippen LogP contribution in [-0.2, 0) is 16.3 Å². The molecule has 1 aromatic heterocycles. The zero-order valence-electron chi connectivity index (χ0n) is 17.1. The number of guanidine groups is 1. The van der Waals surface area contributed by atoms with Crippen molar-refractivity contribution in [1.29, 1.82) is 0 Å². The fraction of sp³-hybridized carbons (Fsp3) is 0.450. The molecule has 1 heterocycles. The standard InChI is InChI=1S/C20H29N3O4S.HI/c1-16(2)27-19-9-7-17(8-10-19)23-20(21-12-5-15-28(3,24)25)22-13-11-18-6-4-14-26-18;/h4,6-10,14,16H,5,11-13,15H2,1-3H3,(H2,21,22,23);1H. The molecule has 2 aromatic rings. The molecule has 0 bridgehead atoms. The van der Waals surface area contributed by atoms with Crippen molar-refractivity contribution in [3.8, 4) is 5.75 Å². The topological polar surface area (TPSA) is 92.9 Å². The maximum absolute atomic E-state index is 11.3. The summed E-state index contributed by atoms with van der Waals surface area (Å²) in [5.74, 6) is 2.41. The summed E-state index contributed by atoms with van der Waals surface area (Å²) in [6, 6.07) is 11.4. The highest BCUT2D eigenvalue weighted by Gasteiger charge is 2.05. The second-order valence-electron chi connectivity index (χ2n) is 6.79. The van der Waals surface area contributed by atoms with Crippen molar-refractivity contribution in [2.24, 2.45) is 4.99 Å². The second-order valence-corrected chi connectivity index (χ2v) is 9.05. The number of aliphatic imine (C=N–C) groups is 1. The average Bonchev–Trinajstić information content (AvgIpc) is 3.12. The third kappa shape index (κ3) is 11.1. The van der Waals surface area contributed by atoms with Crippen molar-refractivity contribution in [3.63, 3.8) is 0 Å². The van der Waals surface area contributed by atoms with Gasteiger partial charge in [-0.3, -0.25) is 4.99 Å². The van der Waals surface area contributed by atoms with E-state index in [2.05, 4.69) is 15.6 Å². The quantitative estimate of drug-likeness (QED) is 0.209. The molecular formula is C20H30IN3O4S. The number of benzene rings is 1. The number of sulfone groups is 1. The number of furan rings is 1. The number of halogens is 1. The molecule has 0 aliphatic heterocycles. The Labute approximate surface area is 190 Å². The van der Waals surface area contributed by atoms with Gasteiger partial charge in [0.1, 0.15) is 21.3 Å². The van der Waals surface area contributed by atoms with E-state index < -0.39 is 9.84 Å². The molecule has 29 heavy (non-hydrogen) atoms. The molecule has 9 heteroatoms. The highest BCUT2D eigenvalue weighted by molar-refractivity contribution is 14.0. The van der Waals surface area contributed by atoms with Gasteiger partial charge < -0.3 is 19.8 Å². The van der Waals surface area contributed by atoms with E-state index in [-0.39, 0.29) is 35.8 Å². The van der Waals surface area contributed by atoms with Gasteiger partial charge in [-0.1, -0.05) is 0 Å². The Balaban J connectivity index is 0.00000420. The van der Waals surface area contributed by atoms with Gasteiger partial charge in [0, 0.05) is 31.5 Å². The molecule has 2 N–H and O–H groups in total. The van der Waals surface area contributed by atoms with Crippen LogP contribution in [0.3, 0.4) is 0 Å². The summed E-state index contributed by atoms with van der Waals surface area (Å²) in [7, 11) is -2.98. The van der Waals surface area contributed by atoms with E-state index in [0.29, 0.717) is 25.5 Å². The van der Waals surface area contributed by atoms with Gasteiger partial charge in [-0.15, -0.1) is 24.0 Å². The smallest absolute Gasteiger partial charge is 0.195 e. The van der Waals surface area contributed by atoms with Gasteiger partial charge in [-0.25, -0.2) is 8.42 Å². The molecule has 0 saturated heterocycles. The van der Waals surface area contributed by atoms with Crippen LogP contribution >= 0.6 is 24.0 Å². The highest BCUT2D eigenvalue weighted by Crippen LogP contribution is 2.16. The Hall–Kier alpha value is -1.75. The first kappa shape index (κ1) is 25.3. The van der Waals surface area contributed by atoms with Crippen LogP contribution in [0.2, 0.25) is 0 Å². The van der Waals surface area contributed by atoms with E-state index in [1.165, 1.54) is 6.26 Å². The molecule has 0 aliphatic rings. The molecule has 0 spiro atoms. The summed E-state index contributed by atoms with van der Waals surface area (Å²) in [4.78, 5) is 4.48. The zero-order valence-corrected chi connectivity index (χ0v) is 20.2. The third-order valence-corrected chi connectivity index (χ3v) is 4.71. The summed E-state index contributed by atoms with van der Waals surface area (Å²) < 4.78 is 33.5. The normalized spacial score (nSPS) is 11.8. The van der Waals surface area contributed by atoms with Crippen LogP contribution in [0.15, 0.2) is 52.1 Å². The van der Waals surface area contributed by atoms with Crippen molar-refractivity contribution in [3.05, 3.63) is 48.4 Å². The molecule has 1 aromatic carbocycles. The van der Waals surface area contributed by atoms with Gasteiger partial charge in [-0.2, -0.15) is 0 Å². The lowest BCUT2D eigenvalue weighted by Gasteiger charge is -2.14. The minimum Gasteiger partial charge on any atom is -0.491 e. The van der Waals surface area contributed by atoms with Crippen LogP contribution < -0.4 is 15.4 Å². The summed E-state index contributed by atoms with van der Waals surface area (Å²) in [6.45, 7) is 5.02.